The van der Waals surface area contributed by atoms with Crippen LogP contribution in [0.2, 0.25) is 0 Å². The molecule has 6 heteroatoms. The number of carboxylic acid groups (broad SMARTS) is 1. The van der Waals surface area contributed by atoms with Crippen LogP contribution in [0.25, 0.3) is 10.9 Å². The second-order valence-corrected chi connectivity index (χ2v) is 4.16. The van der Waals surface area contributed by atoms with E-state index in [2.05, 4.69) is 0 Å². The van der Waals surface area contributed by atoms with E-state index in [9.17, 15) is 18.8 Å². The molecule has 0 unspecified atom stereocenters. The number of rotatable bonds is 3. The minimum atomic E-state index is -1.26. The van der Waals surface area contributed by atoms with Crippen LogP contribution >= 0.6 is 0 Å². The van der Waals surface area contributed by atoms with Crippen molar-refractivity contribution in [2.45, 2.75) is 13.5 Å². The molecule has 0 aliphatic carbocycles. The topological polar surface area (TPSA) is 76.4 Å². The van der Waals surface area contributed by atoms with E-state index in [1.54, 1.807) is 0 Å². The molecule has 98 valence electrons. The molecule has 0 spiro atoms. The fourth-order valence-corrected chi connectivity index (χ4v) is 1.90. The summed E-state index contributed by atoms with van der Waals surface area (Å²) in [6, 6.07) is 4.61. The van der Waals surface area contributed by atoms with Gasteiger partial charge in [-0.1, -0.05) is 0 Å². The van der Waals surface area contributed by atoms with Crippen LogP contribution in [0, 0.1) is 5.82 Å². The van der Waals surface area contributed by atoms with E-state index in [1.807, 2.05) is 0 Å². The number of Topliss-reactive ketones (excluding diaryl/α,β-unsaturated/α-hetero) is 1. The SMILES string of the molecule is CC(=O)Cn1c(=O)ccc2cc(C(=O)O)cc(F)c21. The van der Waals surface area contributed by atoms with Crippen molar-refractivity contribution >= 4 is 22.7 Å². The van der Waals surface area contributed by atoms with Gasteiger partial charge >= 0.3 is 5.97 Å². The number of nitrogens with zero attached hydrogens (tertiary/aromatic N) is 1. The molecular weight excluding hydrogens is 253 g/mol. The number of hydrogen-bond acceptors (Lipinski definition) is 3. The zero-order valence-electron chi connectivity index (χ0n) is 10.0. The molecule has 1 heterocycles. The second-order valence-electron chi connectivity index (χ2n) is 4.16. The standard InChI is InChI=1S/C13H10FNO4/c1-7(16)6-15-11(17)3-2-8-4-9(13(18)19)5-10(14)12(8)15/h2-5H,6H2,1H3,(H,18,19). The quantitative estimate of drug-likeness (QED) is 0.908. The van der Waals surface area contributed by atoms with E-state index < -0.39 is 17.3 Å². The number of carbonyl (C=O) groups excluding carboxylic acids is 1. The zero-order chi connectivity index (χ0) is 14.2. The van der Waals surface area contributed by atoms with Crippen molar-refractivity contribution in [1.29, 1.82) is 0 Å². The van der Waals surface area contributed by atoms with Gasteiger partial charge in [0.25, 0.3) is 5.56 Å². The number of aromatic carboxylic acids is 1. The fourth-order valence-electron chi connectivity index (χ4n) is 1.90. The van der Waals surface area contributed by atoms with Crippen LogP contribution in [-0.2, 0) is 11.3 Å². The van der Waals surface area contributed by atoms with E-state index >= 15 is 0 Å². The summed E-state index contributed by atoms with van der Waals surface area (Å²) in [5.74, 6) is -2.39. The molecule has 0 fully saturated rings. The van der Waals surface area contributed by atoms with Gasteiger partial charge in [0.05, 0.1) is 17.6 Å². The van der Waals surface area contributed by atoms with Crippen molar-refractivity contribution in [3.63, 3.8) is 0 Å². The molecule has 0 atom stereocenters. The van der Waals surface area contributed by atoms with Crippen LogP contribution < -0.4 is 5.56 Å². The van der Waals surface area contributed by atoms with Gasteiger partial charge in [-0.2, -0.15) is 0 Å². The van der Waals surface area contributed by atoms with Crippen LogP contribution in [0.4, 0.5) is 4.39 Å². The lowest BCUT2D eigenvalue weighted by Gasteiger charge is -2.09. The Morgan fingerprint density at radius 3 is 2.58 bits per heavy atom. The maximum atomic E-state index is 14.0. The lowest BCUT2D eigenvalue weighted by Crippen LogP contribution is -2.23. The van der Waals surface area contributed by atoms with Gasteiger partial charge < -0.3 is 5.11 Å². The Balaban J connectivity index is 2.82. The average Bonchev–Trinajstić information content (AvgIpc) is 2.31. The van der Waals surface area contributed by atoms with Crippen molar-refractivity contribution in [1.82, 2.24) is 4.57 Å². The van der Waals surface area contributed by atoms with Gasteiger partial charge in [-0.15, -0.1) is 0 Å². The minimum absolute atomic E-state index is 0.0623. The van der Waals surface area contributed by atoms with Crippen molar-refractivity contribution in [3.8, 4) is 0 Å². The predicted octanol–water partition coefficient (Wildman–Crippen LogP) is 1.43. The third-order valence-corrected chi connectivity index (χ3v) is 2.66. The predicted molar refractivity (Wildman–Crippen MR) is 65.8 cm³/mol. The largest absolute Gasteiger partial charge is 0.478 e. The number of pyridine rings is 1. The highest BCUT2D eigenvalue weighted by Gasteiger charge is 2.13. The van der Waals surface area contributed by atoms with E-state index in [4.69, 9.17) is 5.11 Å². The zero-order valence-corrected chi connectivity index (χ0v) is 10.0. The number of ketones is 1. The van der Waals surface area contributed by atoms with Crippen LogP contribution in [0.1, 0.15) is 17.3 Å². The van der Waals surface area contributed by atoms with Crippen LogP contribution in [0.15, 0.2) is 29.1 Å². The third kappa shape index (κ3) is 2.37. The Bertz CT molecular complexity index is 748. The second kappa shape index (κ2) is 4.64. The first-order valence-corrected chi connectivity index (χ1v) is 5.46. The van der Waals surface area contributed by atoms with Crippen LogP contribution in [-0.4, -0.2) is 21.4 Å². The summed E-state index contributed by atoms with van der Waals surface area (Å²) in [5, 5.41) is 9.11. The first-order chi connectivity index (χ1) is 8.90. The Morgan fingerprint density at radius 2 is 2.00 bits per heavy atom. The fraction of sp³-hybridized carbons (Fsp3) is 0.154. The van der Waals surface area contributed by atoms with Gasteiger partial charge in [0.15, 0.2) is 0 Å². The Hall–Kier alpha value is -2.50. The normalized spacial score (nSPS) is 10.6. The molecule has 5 nitrogen and oxygen atoms in total. The van der Waals surface area contributed by atoms with Crippen LogP contribution in [0.5, 0.6) is 0 Å². The number of carbonyl (C=O) groups is 2. The smallest absolute Gasteiger partial charge is 0.335 e. The number of benzene rings is 1. The highest BCUT2D eigenvalue weighted by atomic mass is 19.1. The molecule has 0 saturated carbocycles. The van der Waals surface area contributed by atoms with Crippen molar-refractivity contribution in [2.24, 2.45) is 0 Å². The number of halogens is 1. The Morgan fingerprint density at radius 1 is 1.32 bits per heavy atom. The molecule has 19 heavy (non-hydrogen) atoms. The molecular formula is C13H10FNO4. The highest BCUT2D eigenvalue weighted by Crippen LogP contribution is 2.19. The molecule has 0 radical (unpaired) electrons. The van der Waals surface area contributed by atoms with E-state index in [0.29, 0.717) is 0 Å². The molecule has 0 aliphatic rings. The number of carboxylic acids is 1. The summed E-state index contributed by atoms with van der Waals surface area (Å²) in [5.41, 5.74) is -0.782. The average molecular weight is 263 g/mol. The van der Waals surface area contributed by atoms with Crippen molar-refractivity contribution in [3.05, 3.63) is 46.0 Å². The van der Waals surface area contributed by atoms with Crippen LogP contribution in [0.3, 0.4) is 0 Å². The van der Waals surface area contributed by atoms with Gasteiger partial charge in [-0.25, -0.2) is 9.18 Å². The van der Waals surface area contributed by atoms with Crippen molar-refractivity contribution in [2.75, 3.05) is 0 Å². The number of fused-ring (bicyclic) bond motifs is 1. The number of aromatic nitrogens is 1. The summed E-state index contributed by atoms with van der Waals surface area (Å²) < 4.78 is 15.0. The van der Waals surface area contributed by atoms with Gasteiger partial charge in [0, 0.05) is 11.5 Å². The number of hydrogen-bond donors (Lipinski definition) is 1. The van der Waals surface area contributed by atoms with Gasteiger partial charge in [-0.3, -0.25) is 14.2 Å². The first kappa shape index (κ1) is 12.9. The van der Waals surface area contributed by atoms with E-state index in [0.717, 1.165) is 10.6 Å². The summed E-state index contributed by atoms with van der Waals surface area (Å²) in [4.78, 5) is 33.6. The van der Waals surface area contributed by atoms with Crippen molar-refractivity contribution < 1.29 is 19.1 Å². The molecule has 1 aromatic carbocycles. The highest BCUT2D eigenvalue weighted by molar-refractivity contribution is 5.94. The molecule has 0 aliphatic heterocycles. The third-order valence-electron chi connectivity index (χ3n) is 2.66. The maximum absolute atomic E-state index is 14.0. The van der Waals surface area contributed by atoms with E-state index in [-0.39, 0.29) is 28.8 Å². The molecule has 1 N–H and O–H groups in total. The molecule has 2 aromatic rings. The molecule has 0 saturated heterocycles. The lowest BCUT2D eigenvalue weighted by atomic mass is 10.1. The van der Waals surface area contributed by atoms with E-state index in [1.165, 1.54) is 25.1 Å². The summed E-state index contributed by atoms with van der Waals surface area (Å²) >= 11 is 0. The molecule has 0 amide bonds. The summed E-state index contributed by atoms with van der Waals surface area (Å²) in [7, 11) is 0. The monoisotopic (exact) mass is 263 g/mol. The molecule has 0 bridgehead atoms. The lowest BCUT2D eigenvalue weighted by molar-refractivity contribution is -0.117. The maximum Gasteiger partial charge on any atom is 0.335 e. The Kier molecular flexibility index (Phi) is 3.16. The van der Waals surface area contributed by atoms with Gasteiger partial charge in [0.2, 0.25) is 0 Å². The molecule has 1 aromatic heterocycles. The summed E-state index contributed by atoms with van der Waals surface area (Å²) in [6.45, 7) is 1.04. The van der Waals surface area contributed by atoms with Gasteiger partial charge in [0.1, 0.15) is 11.6 Å². The summed E-state index contributed by atoms with van der Waals surface area (Å²) in [6.07, 6.45) is 0. The molecule has 2 rings (SSSR count). The van der Waals surface area contributed by atoms with Gasteiger partial charge in [-0.05, 0) is 25.1 Å². The minimum Gasteiger partial charge on any atom is -0.478 e. The Labute approximate surface area is 106 Å². The first-order valence-electron chi connectivity index (χ1n) is 5.46.